The van der Waals surface area contributed by atoms with Crippen molar-refractivity contribution in [3.05, 3.63) is 9.47 Å². The van der Waals surface area contributed by atoms with Gasteiger partial charge in [-0.2, -0.15) is 0 Å². The summed E-state index contributed by atoms with van der Waals surface area (Å²) in [7, 11) is 0. The summed E-state index contributed by atoms with van der Waals surface area (Å²) in [6.07, 6.45) is 7.83. The van der Waals surface area contributed by atoms with Gasteiger partial charge in [-0.05, 0) is 99.1 Å². The summed E-state index contributed by atoms with van der Waals surface area (Å²) in [6.45, 7) is 9.72. The number of allylic oxidation sites excluding steroid dienone is 1. The lowest BCUT2D eigenvalue weighted by molar-refractivity contribution is 0.278. The lowest BCUT2D eigenvalue weighted by atomic mass is 9.80. The molecule has 1 saturated heterocycles. The minimum absolute atomic E-state index is 0.460. The molecule has 2 rings (SSSR count). The monoisotopic (exact) mass is 454 g/mol. The van der Waals surface area contributed by atoms with Gasteiger partial charge in [0.15, 0.2) is 0 Å². The summed E-state index contributed by atoms with van der Waals surface area (Å²) in [5.41, 5.74) is 0.464. The second-order valence-corrected chi connectivity index (χ2v) is 13.7. The van der Waals surface area contributed by atoms with Crippen molar-refractivity contribution in [3.63, 3.8) is 0 Å². The van der Waals surface area contributed by atoms with Gasteiger partial charge in [0.05, 0.1) is 7.47 Å². The molecule has 0 N–H and O–H groups in total. The average molecular weight is 456 g/mol. The Kier molecular flexibility index (Phi) is 6.71. The van der Waals surface area contributed by atoms with Gasteiger partial charge >= 0.3 is 0 Å². The van der Waals surface area contributed by atoms with E-state index in [4.69, 9.17) is 0 Å². The van der Waals surface area contributed by atoms with E-state index >= 15 is 0 Å². The van der Waals surface area contributed by atoms with E-state index in [1.807, 2.05) is 0 Å². The van der Waals surface area contributed by atoms with Crippen LogP contribution in [0, 0.1) is 23.2 Å². The fourth-order valence-corrected chi connectivity index (χ4v) is 8.23. The average Bonchev–Trinajstić information content (AvgIpc) is 2.38. The van der Waals surface area contributed by atoms with Crippen LogP contribution in [0.1, 0.15) is 53.4 Å². The topological polar surface area (TPSA) is 0 Å². The Morgan fingerprint density at radius 3 is 2.00 bits per heavy atom. The van der Waals surface area contributed by atoms with E-state index in [-0.39, 0.29) is 0 Å². The van der Waals surface area contributed by atoms with E-state index in [2.05, 4.69) is 89.2 Å². The molecule has 21 heavy (non-hydrogen) atoms. The van der Waals surface area contributed by atoms with Gasteiger partial charge in [0, 0.05) is 0 Å². The van der Waals surface area contributed by atoms with Gasteiger partial charge in [-0.1, -0.05) is 26.8 Å². The third kappa shape index (κ3) is 5.19. The first kappa shape index (κ1) is 18.7. The maximum atomic E-state index is 3.51. The Labute approximate surface area is 156 Å². The molecule has 0 aromatic heterocycles. The van der Waals surface area contributed by atoms with Gasteiger partial charge in [0.2, 0.25) is 0 Å². The van der Waals surface area contributed by atoms with Crippen molar-refractivity contribution in [2.45, 2.75) is 57.5 Å². The van der Waals surface area contributed by atoms with Crippen LogP contribution in [0.4, 0.5) is 0 Å². The predicted octanol–water partition coefficient (Wildman–Crippen LogP) is 7.28. The zero-order chi connectivity index (χ0) is 15.7. The molecular weight excluding hydrogens is 428 g/mol. The van der Waals surface area contributed by atoms with Crippen LogP contribution in [-0.4, -0.2) is 15.6 Å². The first-order valence-corrected chi connectivity index (χ1v) is 11.6. The fourth-order valence-electron chi connectivity index (χ4n) is 3.35. The smallest absolute Gasteiger partial charge is 0.0611 e. The molecule has 0 unspecified atom stereocenters. The highest BCUT2D eigenvalue weighted by Crippen LogP contribution is 2.55. The zero-order valence-electron chi connectivity index (χ0n) is 13.6. The fraction of sp³-hybridized carbons (Fsp3) is 0.882. The molecule has 0 bridgehead atoms. The molecule has 0 aromatic rings. The van der Waals surface area contributed by atoms with E-state index in [1.54, 1.807) is 0 Å². The molecule has 1 aliphatic heterocycles. The third-order valence-electron chi connectivity index (χ3n) is 5.24. The maximum Gasteiger partial charge on any atom is 0.0611 e. The van der Waals surface area contributed by atoms with Crippen molar-refractivity contribution < 1.29 is 0 Å². The van der Waals surface area contributed by atoms with Gasteiger partial charge in [0.1, 0.15) is 0 Å². The van der Waals surface area contributed by atoms with Crippen molar-refractivity contribution in [3.8, 4) is 0 Å². The lowest BCUT2D eigenvalue weighted by Crippen LogP contribution is -2.39. The van der Waals surface area contributed by atoms with Crippen LogP contribution in [0.5, 0.6) is 0 Å². The van der Waals surface area contributed by atoms with E-state index in [1.165, 1.54) is 37.2 Å². The van der Waals surface area contributed by atoms with E-state index in [0.717, 1.165) is 21.1 Å². The molecule has 0 nitrogen and oxygen atoms in total. The molecule has 0 atom stereocenters. The third-order valence-corrected chi connectivity index (χ3v) is 9.43. The molecule has 0 aromatic carbocycles. The van der Waals surface area contributed by atoms with Crippen LogP contribution >= 0.6 is 55.4 Å². The van der Waals surface area contributed by atoms with Gasteiger partial charge in [-0.15, -0.1) is 23.5 Å². The molecule has 0 radical (unpaired) electrons. The quantitative estimate of drug-likeness (QED) is 0.428. The van der Waals surface area contributed by atoms with Crippen molar-refractivity contribution in [2.24, 2.45) is 23.2 Å². The van der Waals surface area contributed by atoms with Crippen LogP contribution in [0.3, 0.4) is 0 Å². The van der Waals surface area contributed by atoms with E-state index in [0.29, 0.717) is 9.49 Å². The Morgan fingerprint density at radius 2 is 1.57 bits per heavy atom. The van der Waals surface area contributed by atoms with Gasteiger partial charge in [0.25, 0.3) is 0 Å². The summed E-state index contributed by atoms with van der Waals surface area (Å²) in [5.74, 6) is 5.22. The Balaban J connectivity index is 1.88. The maximum absolute atomic E-state index is 3.51. The summed E-state index contributed by atoms with van der Waals surface area (Å²) in [4.78, 5) is 0. The van der Waals surface area contributed by atoms with Gasteiger partial charge in [-0.3, -0.25) is 0 Å². The number of rotatable bonds is 2. The van der Waals surface area contributed by atoms with E-state index < -0.39 is 0 Å². The number of thioether (sulfide) groups is 2. The summed E-state index contributed by atoms with van der Waals surface area (Å²) >= 11 is 11.5. The van der Waals surface area contributed by atoms with Crippen LogP contribution in [0.15, 0.2) is 9.47 Å². The normalized spacial score (nSPS) is 38.1. The van der Waals surface area contributed by atoms with Gasteiger partial charge in [-0.25, -0.2) is 0 Å². The Morgan fingerprint density at radius 1 is 1.05 bits per heavy atom. The first-order chi connectivity index (χ1) is 9.71. The second-order valence-electron chi connectivity index (χ2n) is 7.77. The second kappa shape index (κ2) is 7.53. The molecule has 2 fully saturated rings. The van der Waals surface area contributed by atoms with Crippen molar-refractivity contribution in [2.75, 3.05) is 11.5 Å². The number of hydrogen-bond acceptors (Lipinski definition) is 2. The predicted molar refractivity (Wildman–Crippen MR) is 108 cm³/mol. The van der Waals surface area contributed by atoms with Crippen molar-refractivity contribution in [1.29, 1.82) is 0 Å². The first-order valence-electron chi connectivity index (χ1n) is 8.01. The molecule has 0 amide bonds. The zero-order valence-corrected chi connectivity index (χ0v) is 18.4. The molecule has 2 aliphatic rings. The highest BCUT2D eigenvalue weighted by molar-refractivity contribution is 9.28. The Bertz CT molecular complexity index is 367. The minimum atomic E-state index is 0.460. The molecule has 1 saturated carbocycles. The summed E-state index contributed by atoms with van der Waals surface area (Å²) in [5, 5.41) is 0. The summed E-state index contributed by atoms with van der Waals surface area (Å²) in [6, 6.07) is 0. The van der Waals surface area contributed by atoms with Crippen LogP contribution in [0.25, 0.3) is 0 Å². The van der Waals surface area contributed by atoms with Crippen LogP contribution in [-0.2, 0) is 0 Å². The standard InChI is InChI=1S/C17H28Br2S2/c1-16(2,3)14-10-20-17(4,21-11-14)13-7-5-12(6-8-13)9-15(18)19/h9,12-14H,5-8,10-11H2,1-4H3. The lowest BCUT2D eigenvalue weighted by Gasteiger charge is -2.46. The van der Waals surface area contributed by atoms with Crippen molar-refractivity contribution in [1.82, 2.24) is 0 Å². The summed E-state index contributed by atoms with van der Waals surface area (Å²) < 4.78 is 1.58. The molecule has 0 spiro atoms. The minimum Gasteiger partial charge on any atom is -0.144 e. The molecule has 4 heteroatoms. The number of hydrogen-bond donors (Lipinski definition) is 0. The molecule has 1 aliphatic carbocycles. The van der Waals surface area contributed by atoms with Gasteiger partial charge < -0.3 is 0 Å². The molecular formula is C17H28Br2S2. The van der Waals surface area contributed by atoms with E-state index in [9.17, 15) is 0 Å². The highest BCUT2D eigenvalue weighted by atomic mass is 79.9. The Hall–Kier alpha value is 1.40. The SMILES string of the molecule is CC(C)(C)C1CSC(C)(C2CCC(C=C(Br)Br)CC2)SC1. The molecule has 1 heterocycles. The van der Waals surface area contributed by atoms with Crippen molar-refractivity contribution >= 4 is 55.4 Å². The highest BCUT2D eigenvalue weighted by Gasteiger charge is 2.42. The van der Waals surface area contributed by atoms with Crippen LogP contribution in [0.2, 0.25) is 0 Å². The van der Waals surface area contributed by atoms with Crippen LogP contribution < -0.4 is 0 Å². The molecule has 122 valence electrons. The number of halogens is 2. The largest absolute Gasteiger partial charge is 0.144 e.